The number of aliphatic hydroxyl groups excluding tert-OH is 1. The largest absolute Gasteiger partial charge is 0.476 e. The second kappa shape index (κ2) is 13.6. The zero-order valence-corrected chi connectivity index (χ0v) is 27.1. The van der Waals surface area contributed by atoms with E-state index in [1.807, 2.05) is 0 Å². The molecule has 1 aromatic carbocycles. The highest BCUT2D eigenvalue weighted by atomic mass is 31.2. The Bertz CT molecular complexity index is 1460. The lowest BCUT2D eigenvalue weighted by Gasteiger charge is -2.33. The third-order valence-corrected chi connectivity index (χ3v) is 9.82. The average Bonchev–Trinajstić information content (AvgIpc) is 3.54. The number of benzene rings is 1. The van der Waals surface area contributed by atoms with Crippen molar-refractivity contribution < 1.29 is 47.2 Å². The number of esters is 1. The summed E-state index contributed by atoms with van der Waals surface area (Å²) in [7, 11) is -2.93. The number of anilines is 1. The Morgan fingerprint density at radius 1 is 1.28 bits per heavy atom. The first kappa shape index (κ1) is 34.2. The molecule has 17 heteroatoms. The zero-order valence-electron chi connectivity index (χ0n) is 26.2. The summed E-state index contributed by atoms with van der Waals surface area (Å²) in [6.07, 6.45) is 0.777. The van der Waals surface area contributed by atoms with Crippen LogP contribution in [0.4, 0.5) is 10.2 Å². The minimum atomic E-state index is -4.54. The predicted octanol–water partition coefficient (Wildman–Crippen LogP) is 2.72. The molecule has 0 bridgehead atoms. The van der Waals surface area contributed by atoms with Gasteiger partial charge < -0.3 is 33.8 Å². The van der Waals surface area contributed by atoms with Gasteiger partial charge in [0.25, 0.3) is 5.85 Å². The highest BCUT2D eigenvalue weighted by Gasteiger charge is 2.64. The molecule has 1 aliphatic carbocycles. The fourth-order valence-corrected chi connectivity index (χ4v) is 7.18. The second-order valence-electron chi connectivity index (χ2n) is 11.8. The summed E-state index contributed by atoms with van der Waals surface area (Å²) in [5, 5.41) is 25.0. The summed E-state index contributed by atoms with van der Waals surface area (Å²) in [5.74, 6) is -3.24. The van der Waals surface area contributed by atoms with Gasteiger partial charge in [-0.15, -0.1) is 0 Å². The molecule has 0 radical (unpaired) electrons. The van der Waals surface area contributed by atoms with Crippen molar-refractivity contribution in [2.45, 2.75) is 95.1 Å². The zero-order chi connectivity index (χ0) is 33.3. The topological polar surface area (TPSA) is 192 Å². The number of hydrogen-bond donors (Lipinski definition) is 4. The monoisotopic (exact) mass is 668 g/mol. The number of alkyl halides is 1. The summed E-state index contributed by atoms with van der Waals surface area (Å²) >= 11 is 0. The van der Waals surface area contributed by atoms with Gasteiger partial charge in [0.1, 0.15) is 42.0 Å². The van der Waals surface area contributed by atoms with Crippen LogP contribution in [-0.2, 0) is 28.1 Å². The number of nitrogens with one attached hydrogen (secondary N) is 1. The van der Waals surface area contributed by atoms with Crippen LogP contribution in [0.15, 0.2) is 41.7 Å². The standard InChI is InChI=1S/C29H42FN6O9P/c1-5-41-22-21-23(35(4)27(31)33-22)36(17-32-21)26-28(3,39)25(38)29(30,44-26)16-42-46(40,45-20-14-10-7-11-15-20)34-18(2)24(37)43-19-12-8-6-9-13-19/h7,10-11,14-15,17-19,25-27,38-39H,5-6,8-9,12-13,16,31H2,1-4H3,(H,34,40)/t18?,25-,26+,27?,28+,29+,46?/m0/s1. The van der Waals surface area contributed by atoms with E-state index in [1.165, 1.54) is 41.8 Å². The Morgan fingerprint density at radius 2 is 1.98 bits per heavy atom. The number of nitrogens with zero attached hydrogens (tertiary/aromatic N) is 4. The highest BCUT2D eigenvalue weighted by molar-refractivity contribution is 7.52. The fraction of sp³-hybridized carbons (Fsp3) is 0.621. The van der Waals surface area contributed by atoms with E-state index < -0.39 is 56.4 Å². The number of aliphatic imine (C=N–C) groups is 1. The Labute approximate surface area is 266 Å². The van der Waals surface area contributed by atoms with Gasteiger partial charge in [0.15, 0.2) is 18.2 Å². The summed E-state index contributed by atoms with van der Waals surface area (Å²) in [4.78, 5) is 23.0. The normalized spacial score (nSPS) is 30.2. The summed E-state index contributed by atoms with van der Waals surface area (Å²) in [6.45, 7) is 3.47. The van der Waals surface area contributed by atoms with Gasteiger partial charge in [-0.1, -0.05) is 24.6 Å². The van der Waals surface area contributed by atoms with E-state index >= 15 is 4.39 Å². The highest BCUT2D eigenvalue weighted by Crippen LogP contribution is 2.51. The van der Waals surface area contributed by atoms with E-state index in [1.54, 1.807) is 32.2 Å². The number of ether oxygens (including phenoxy) is 3. The number of nitrogens with two attached hydrogens (primary N) is 1. The Kier molecular flexibility index (Phi) is 10.1. The summed E-state index contributed by atoms with van der Waals surface area (Å²) in [5.41, 5.74) is 4.16. The van der Waals surface area contributed by atoms with Crippen LogP contribution >= 0.6 is 7.75 Å². The first-order valence-electron chi connectivity index (χ1n) is 15.3. The third kappa shape index (κ3) is 6.93. The molecular weight excluding hydrogens is 626 g/mol. The average molecular weight is 669 g/mol. The molecule has 2 aromatic rings. The van der Waals surface area contributed by atoms with E-state index in [0.717, 1.165) is 32.1 Å². The predicted molar refractivity (Wildman–Crippen MR) is 164 cm³/mol. The van der Waals surface area contributed by atoms with Gasteiger partial charge in [0.2, 0.25) is 5.90 Å². The van der Waals surface area contributed by atoms with Crippen molar-refractivity contribution in [2.75, 3.05) is 25.2 Å². The first-order chi connectivity index (χ1) is 21.8. The van der Waals surface area contributed by atoms with E-state index in [-0.39, 0.29) is 30.1 Å². The molecule has 1 aromatic heterocycles. The molecule has 0 amide bonds. The van der Waals surface area contributed by atoms with E-state index in [4.69, 9.17) is 29.0 Å². The fourth-order valence-electron chi connectivity index (χ4n) is 5.68. The maximum atomic E-state index is 16.5. The molecule has 15 nitrogen and oxygen atoms in total. The first-order valence-corrected chi connectivity index (χ1v) is 16.8. The van der Waals surface area contributed by atoms with Gasteiger partial charge in [-0.2, -0.15) is 5.09 Å². The number of para-hydroxylation sites is 1. The summed E-state index contributed by atoms with van der Waals surface area (Å²) in [6, 6.07) is 6.78. The minimum Gasteiger partial charge on any atom is -0.476 e. The maximum absolute atomic E-state index is 16.5. The molecule has 2 fully saturated rings. The lowest BCUT2D eigenvalue weighted by Crippen LogP contribution is -2.50. The molecule has 3 heterocycles. The number of carbonyl (C=O) groups excluding carboxylic acids is 1. The number of carbonyl (C=O) groups is 1. The molecule has 46 heavy (non-hydrogen) atoms. The summed E-state index contributed by atoms with van der Waals surface area (Å²) < 4.78 is 59.8. The van der Waals surface area contributed by atoms with Crippen LogP contribution in [0.5, 0.6) is 5.75 Å². The van der Waals surface area contributed by atoms with Crippen LogP contribution in [-0.4, -0.2) is 87.9 Å². The lowest BCUT2D eigenvalue weighted by molar-refractivity contribution is -0.203. The number of aromatic nitrogens is 2. The van der Waals surface area contributed by atoms with Crippen LogP contribution in [0, 0.1) is 0 Å². The second-order valence-corrected chi connectivity index (χ2v) is 13.5. The van der Waals surface area contributed by atoms with Crippen molar-refractivity contribution in [3.8, 4) is 5.75 Å². The number of aliphatic hydroxyl groups is 2. The van der Waals surface area contributed by atoms with Crippen LogP contribution in [0.1, 0.15) is 64.8 Å². The molecular formula is C29H42FN6O9P. The minimum absolute atomic E-state index is 0.105. The Hall–Kier alpha value is -3.11. The number of imidazole rings is 1. The molecule has 0 spiro atoms. The molecule has 1 saturated heterocycles. The lowest BCUT2D eigenvalue weighted by atomic mass is 9.95. The van der Waals surface area contributed by atoms with Gasteiger partial charge in [-0.3, -0.25) is 19.6 Å². The molecule has 254 valence electrons. The van der Waals surface area contributed by atoms with Crippen molar-refractivity contribution in [3.63, 3.8) is 0 Å². The molecule has 2 aliphatic heterocycles. The number of fused-ring (bicyclic) bond motifs is 1. The van der Waals surface area contributed by atoms with E-state index in [9.17, 15) is 19.6 Å². The number of hydrogen-bond acceptors (Lipinski definition) is 13. The number of halogens is 1. The van der Waals surface area contributed by atoms with Crippen molar-refractivity contribution in [1.29, 1.82) is 0 Å². The van der Waals surface area contributed by atoms with Gasteiger partial charge in [-0.05, 0) is 58.6 Å². The van der Waals surface area contributed by atoms with Crippen LogP contribution in [0.25, 0.3) is 0 Å². The van der Waals surface area contributed by atoms with Gasteiger partial charge >= 0.3 is 13.7 Å². The number of rotatable bonds is 11. The van der Waals surface area contributed by atoms with Gasteiger partial charge in [0, 0.05) is 7.05 Å². The van der Waals surface area contributed by atoms with Crippen molar-refractivity contribution in [2.24, 2.45) is 10.7 Å². The SMILES string of the molecule is CCOC1=NC(N)N(C)c2c1ncn2[C@@H]1O[C@](F)(COP(=O)(NC(C)C(=O)OC2CCCCC2)Oc2ccccc2)[C@@H](O)[C@@]1(C)O. The van der Waals surface area contributed by atoms with Crippen LogP contribution in [0.2, 0.25) is 0 Å². The maximum Gasteiger partial charge on any atom is 0.459 e. The molecule has 5 N–H and O–H groups in total. The molecule has 1 saturated carbocycles. The Balaban J connectivity index is 1.36. The van der Waals surface area contributed by atoms with Crippen molar-refractivity contribution in [1.82, 2.24) is 14.6 Å². The quantitative estimate of drug-likeness (QED) is 0.202. The van der Waals surface area contributed by atoms with Crippen molar-refractivity contribution in [3.05, 3.63) is 42.4 Å². The molecule has 5 rings (SSSR count). The van der Waals surface area contributed by atoms with Crippen LogP contribution in [0.3, 0.4) is 0 Å². The molecule has 3 unspecified atom stereocenters. The van der Waals surface area contributed by atoms with Gasteiger partial charge in [-0.25, -0.2) is 18.9 Å². The van der Waals surface area contributed by atoms with Gasteiger partial charge in [0.05, 0.1) is 12.9 Å². The van der Waals surface area contributed by atoms with E-state index in [2.05, 4.69) is 15.1 Å². The Morgan fingerprint density at radius 3 is 2.65 bits per heavy atom. The third-order valence-electron chi connectivity index (χ3n) is 8.19. The van der Waals surface area contributed by atoms with Crippen molar-refractivity contribution >= 4 is 25.4 Å². The smallest absolute Gasteiger partial charge is 0.459 e. The van der Waals surface area contributed by atoms with E-state index in [0.29, 0.717) is 5.82 Å². The molecule has 3 aliphatic rings. The molecule has 7 atom stereocenters. The van der Waals surface area contributed by atoms with Crippen LogP contribution < -0.4 is 20.2 Å².